The SMILES string of the molecule is CC(C)CCC1CCCN1c1c(C#N)c(=O)n(C)c(=O)n1C. The molecule has 1 aromatic rings. The summed E-state index contributed by atoms with van der Waals surface area (Å²) >= 11 is 0. The fraction of sp³-hybridized carbons (Fsp3) is 0.688. The van der Waals surface area contributed by atoms with Crippen LogP contribution in [-0.2, 0) is 14.1 Å². The van der Waals surface area contributed by atoms with Crippen LogP contribution in [0.15, 0.2) is 9.59 Å². The van der Waals surface area contributed by atoms with Crippen LogP contribution in [0.4, 0.5) is 5.82 Å². The molecular weight excluding hydrogens is 280 g/mol. The molecule has 0 N–H and O–H groups in total. The summed E-state index contributed by atoms with van der Waals surface area (Å²) in [7, 11) is 3.05. The predicted octanol–water partition coefficient (Wildman–Crippen LogP) is 1.36. The Kier molecular flexibility index (Phi) is 4.74. The van der Waals surface area contributed by atoms with Gasteiger partial charge in [0.05, 0.1) is 0 Å². The van der Waals surface area contributed by atoms with Gasteiger partial charge in [0.1, 0.15) is 11.9 Å². The lowest BCUT2D eigenvalue weighted by Gasteiger charge is -2.29. The van der Waals surface area contributed by atoms with Crippen molar-refractivity contribution in [2.75, 3.05) is 11.4 Å². The summed E-state index contributed by atoms with van der Waals surface area (Å²) in [6.45, 7) is 5.17. The lowest BCUT2D eigenvalue weighted by Crippen LogP contribution is -2.44. The molecule has 1 atom stereocenters. The molecule has 0 amide bonds. The van der Waals surface area contributed by atoms with Crippen molar-refractivity contribution in [3.8, 4) is 6.07 Å². The van der Waals surface area contributed by atoms with Gasteiger partial charge in [-0.05, 0) is 31.6 Å². The second-order valence-electron chi connectivity index (χ2n) is 6.48. The molecule has 0 saturated carbocycles. The Hall–Kier alpha value is -2.03. The molecular formula is C16H24N4O2. The molecule has 2 rings (SSSR count). The van der Waals surface area contributed by atoms with E-state index < -0.39 is 5.56 Å². The van der Waals surface area contributed by atoms with Crippen molar-refractivity contribution in [2.24, 2.45) is 20.0 Å². The van der Waals surface area contributed by atoms with E-state index in [1.807, 2.05) is 6.07 Å². The first-order valence-corrected chi connectivity index (χ1v) is 7.85. The maximum Gasteiger partial charge on any atom is 0.332 e. The van der Waals surface area contributed by atoms with Gasteiger partial charge in [-0.25, -0.2) is 4.79 Å². The average Bonchev–Trinajstić information content (AvgIpc) is 2.94. The summed E-state index contributed by atoms with van der Waals surface area (Å²) in [5.74, 6) is 1.10. The lowest BCUT2D eigenvalue weighted by molar-refractivity contribution is 0.490. The third kappa shape index (κ3) is 2.80. The molecule has 1 aliphatic heterocycles. The van der Waals surface area contributed by atoms with Gasteiger partial charge < -0.3 is 4.90 Å². The summed E-state index contributed by atoms with van der Waals surface area (Å²) < 4.78 is 2.44. The molecule has 1 aliphatic rings. The highest BCUT2D eigenvalue weighted by atomic mass is 16.2. The molecule has 120 valence electrons. The Morgan fingerprint density at radius 2 is 1.95 bits per heavy atom. The number of nitriles is 1. The van der Waals surface area contributed by atoms with Gasteiger partial charge in [0.25, 0.3) is 5.56 Å². The minimum Gasteiger partial charge on any atom is -0.354 e. The smallest absolute Gasteiger partial charge is 0.332 e. The van der Waals surface area contributed by atoms with Crippen LogP contribution in [0, 0.1) is 17.2 Å². The monoisotopic (exact) mass is 304 g/mol. The summed E-state index contributed by atoms with van der Waals surface area (Å²) in [5, 5.41) is 9.40. The van der Waals surface area contributed by atoms with Gasteiger partial charge in [-0.3, -0.25) is 13.9 Å². The Morgan fingerprint density at radius 3 is 2.55 bits per heavy atom. The van der Waals surface area contributed by atoms with E-state index in [0.717, 1.165) is 36.8 Å². The van der Waals surface area contributed by atoms with Crippen LogP contribution in [0.5, 0.6) is 0 Å². The fourth-order valence-corrected chi connectivity index (χ4v) is 3.21. The molecule has 1 fully saturated rings. The predicted molar refractivity (Wildman–Crippen MR) is 86.1 cm³/mol. The number of hydrogen-bond acceptors (Lipinski definition) is 4. The van der Waals surface area contributed by atoms with E-state index in [0.29, 0.717) is 17.8 Å². The second-order valence-corrected chi connectivity index (χ2v) is 6.48. The maximum absolute atomic E-state index is 12.2. The van der Waals surface area contributed by atoms with Gasteiger partial charge in [0, 0.05) is 26.7 Å². The Labute approximate surface area is 130 Å². The van der Waals surface area contributed by atoms with Crippen molar-refractivity contribution < 1.29 is 0 Å². The highest BCUT2D eigenvalue weighted by molar-refractivity contribution is 5.54. The van der Waals surface area contributed by atoms with E-state index in [9.17, 15) is 14.9 Å². The van der Waals surface area contributed by atoms with Crippen molar-refractivity contribution >= 4 is 5.82 Å². The normalized spacial score (nSPS) is 18.0. The van der Waals surface area contributed by atoms with E-state index in [-0.39, 0.29) is 11.3 Å². The quantitative estimate of drug-likeness (QED) is 0.842. The van der Waals surface area contributed by atoms with Crippen molar-refractivity contribution in [3.05, 3.63) is 26.4 Å². The van der Waals surface area contributed by atoms with Crippen molar-refractivity contribution in [1.29, 1.82) is 5.26 Å². The number of aromatic nitrogens is 2. The number of rotatable bonds is 4. The van der Waals surface area contributed by atoms with Gasteiger partial charge in [0.2, 0.25) is 0 Å². The van der Waals surface area contributed by atoms with Gasteiger partial charge in [-0.15, -0.1) is 0 Å². The Bertz CT molecular complexity index is 709. The Morgan fingerprint density at radius 1 is 1.27 bits per heavy atom. The van der Waals surface area contributed by atoms with E-state index in [4.69, 9.17) is 0 Å². The van der Waals surface area contributed by atoms with Crippen LogP contribution >= 0.6 is 0 Å². The van der Waals surface area contributed by atoms with Crippen molar-refractivity contribution in [1.82, 2.24) is 9.13 Å². The molecule has 2 heterocycles. The fourth-order valence-electron chi connectivity index (χ4n) is 3.21. The third-order valence-corrected chi connectivity index (χ3v) is 4.47. The van der Waals surface area contributed by atoms with Crippen LogP contribution < -0.4 is 16.1 Å². The summed E-state index contributed by atoms with van der Waals surface area (Å²) in [5.41, 5.74) is -0.815. The Balaban J connectivity index is 2.50. The zero-order valence-electron chi connectivity index (χ0n) is 13.8. The highest BCUT2D eigenvalue weighted by Crippen LogP contribution is 2.29. The third-order valence-electron chi connectivity index (χ3n) is 4.47. The van der Waals surface area contributed by atoms with Crippen LogP contribution in [0.1, 0.15) is 45.1 Å². The van der Waals surface area contributed by atoms with Crippen molar-refractivity contribution in [2.45, 2.75) is 45.6 Å². The standard InChI is InChI=1S/C16H24N4O2/c1-11(2)7-8-12-6-5-9-20(12)14-13(10-17)15(21)19(4)16(22)18(14)3/h11-12H,5-9H2,1-4H3. The molecule has 0 aromatic carbocycles. The minimum atomic E-state index is -0.505. The largest absolute Gasteiger partial charge is 0.354 e. The van der Waals surface area contributed by atoms with E-state index >= 15 is 0 Å². The van der Waals surface area contributed by atoms with Gasteiger partial charge in [-0.1, -0.05) is 13.8 Å². The average molecular weight is 304 g/mol. The highest BCUT2D eigenvalue weighted by Gasteiger charge is 2.30. The van der Waals surface area contributed by atoms with Crippen LogP contribution in [-0.4, -0.2) is 21.7 Å². The van der Waals surface area contributed by atoms with Crippen molar-refractivity contribution in [3.63, 3.8) is 0 Å². The van der Waals surface area contributed by atoms with Crippen LogP contribution in [0.2, 0.25) is 0 Å². The first-order valence-electron chi connectivity index (χ1n) is 7.85. The van der Waals surface area contributed by atoms with E-state index in [1.165, 1.54) is 11.6 Å². The first-order chi connectivity index (χ1) is 10.4. The molecule has 22 heavy (non-hydrogen) atoms. The van der Waals surface area contributed by atoms with E-state index in [1.54, 1.807) is 7.05 Å². The summed E-state index contributed by atoms with van der Waals surface area (Å²) in [6, 6.07) is 2.30. The molecule has 0 aliphatic carbocycles. The number of anilines is 1. The maximum atomic E-state index is 12.2. The molecule has 1 aromatic heterocycles. The molecule has 1 saturated heterocycles. The molecule has 0 radical (unpaired) electrons. The molecule has 6 nitrogen and oxygen atoms in total. The van der Waals surface area contributed by atoms with Crippen LogP contribution in [0.25, 0.3) is 0 Å². The van der Waals surface area contributed by atoms with Gasteiger partial charge in [0.15, 0.2) is 5.56 Å². The zero-order valence-corrected chi connectivity index (χ0v) is 13.8. The van der Waals surface area contributed by atoms with Crippen LogP contribution in [0.3, 0.4) is 0 Å². The minimum absolute atomic E-state index is 0.0704. The summed E-state index contributed by atoms with van der Waals surface area (Å²) in [4.78, 5) is 26.5. The topological polar surface area (TPSA) is 71.0 Å². The molecule has 0 spiro atoms. The number of hydrogen-bond donors (Lipinski definition) is 0. The summed E-state index contributed by atoms with van der Waals surface area (Å²) in [6.07, 6.45) is 4.19. The lowest BCUT2D eigenvalue weighted by atomic mass is 10.0. The zero-order chi connectivity index (χ0) is 16.4. The molecule has 0 bridgehead atoms. The van der Waals surface area contributed by atoms with Gasteiger partial charge in [-0.2, -0.15) is 5.26 Å². The first kappa shape index (κ1) is 16.3. The van der Waals surface area contributed by atoms with E-state index in [2.05, 4.69) is 18.7 Å². The van der Waals surface area contributed by atoms with Gasteiger partial charge >= 0.3 is 5.69 Å². The molecule has 1 unspecified atom stereocenters. The number of nitrogens with zero attached hydrogens (tertiary/aromatic N) is 4. The second kappa shape index (κ2) is 6.39. The molecule has 6 heteroatoms.